The third-order valence-corrected chi connectivity index (χ3v) is 4.30. The van der Waals surface area contributed by atoms with E-state index in [1.807, 2.05) is 6.07 Å². The zero-order valence-electron chi connectivity index (χ0n) is 14.7. The van der Waals surface area contributed by atoms with E-state index in [4.69, 9.17) is 18.9 Å². The van der Waals surface area contributed by atoms with Gasteiger partial charge in [0.05, 0.1) is 12.7 Å². The van der Waals surface area contributed by atoms with Crippen molar-refractivity contribution >= 4 is 17.8 Å². The van der Waals surface area contributed by atoms with Crippen LogP contribution in [0.3, 0.4) is 0 Å². The zero-order valence-corrected chi connectivity index (χ0v) is 14.7. The Hall–Kier alpha value is -3.48. The molecule has 0 N–H and O–H groups in total. The molecule has 0 aliphatic carbocycles. The monoisotopic (exact) mass is 368 g/mol. The van der Waals surface area contributed by atoms with Crippen LogP contribution in [0, 0.1) is 6.92 Å². The Bertz CT molecular complexity index is 975. The molecule has 27 heavy (non-hydrogen) atoms. The number of ether oxygens (including phenoxy) is 5. The Morgan fingerprint density at radius 3 is 2.81 bits per heavy atom. The predicted octanol–water partition coefficient (Wildman–Crippen LogP) is 2.89. The number of ketones is 1. The first-order chi connectivity index (χ1) is 13.1. The fourth-order valence-electron chi connectivity index (χ4n) is 2.87. The molecular formula is C20H16O7. The molecule has 7 heteroatoms. The lowest BCUT2D eigenvalue weighted by molar-refractivity contribution is -0.142. The van der Waals surface area contributed by atoms with Gasteiger partial charge in [-0.2, -0.15) is 0 Å². The van der Waals surface area contributed by atoms with E-state index in [0.29, 0.717) is 34.1 Å². The maximum absolute atomic E-state index is 12.6. The topological polar surface area (TPSA) is 80.3 Å². The summed E-state index contributed by atoms with van der Waals surface area (Å²) in [7, 11) is 1.29. The number of rotatable bonds is 4. The second-order valence-electron chi connectivity index (χ2n) is 5.98. The predicted molar refractivity (Wildman–Crippen MR) is 94.2 cm³/mol. The Morgan fingerprint density at radius 2 is 2.00 bits per heavy atom. The standard InChI is InChI=1S/C20H16O7/c1-11-14(24-9-18(21)23-2)6-4-13-19(22)17(27-20(11)13)8-12-3-5-15-16(7-12)26-10-25-15/h3-8H,9-10H2,1-2H3/b17-8-. The third-order valence-electron chi connectivity index (χ3n) is 4.30. The van der Waals surface area contributed by atoms with Crippen molar-refractivity contribution in [3.8, 4) is 23.0 Å². The van der Waals surface area contributed by atoms with E-state index in [-0.39, 0.29) is 24.9 Å². The van der Waals surface area contributed by atoms with Gasteiger partial charge in [0, 0.05) is 5.56 Å². The van der Waals surface area contributed by atoms with Crippen LogP contribution in [0.15, 0.2) is 36.1 Å². The van der Waals surface area contributed by atoms with Crippen LogP contribution in [0.25, 0.3) is 6.08 Å². The van der Waals surface area contributed by atoms with E-state index in [1.54, 1.807) is 37.3 Å². The summed E-state index contributed by atoms with van der Waals surface area (Å²) < 4.78 is 26.4. The SMILES string of the molecule is COC(=O)COc1ccc2c(c1C)O/C(=C\c1ccc3c(c1)OCO3)C2=O. The van der Waals surface area contributed by atoms with Crippen LogP contribution in [0.5, 0.6) is 23.0 Å². The highest BCUT2D eigenvalue weighted by atomic mass is 16.7. The third kappa shape index (κ3) is 3.08. The minimum Gasteiger partial charge on any atom is -0.481 e. The van der Waals surface area contributed by atoms with Gasteiger partial charge in [0.2, 0.25) is 12.6 Å². The van der Waals surface area contributed by atoms with Crippen molar-refractivity contribution in [2.45, 2.75) is 6.92 Å². The fraction of sp³-hybridized carbons (Fsp3) is 0.200. The highest BCUT2D eigenvalue weighted by Gasteiger charge is 2.30. The molecule has 4 rings (SSSR count). The minimum absolute atomic E-state index is 0.184. The smallest absolute Gasteiger partial charge is 0.343 e. The molecule has 0 aromatic heterocycles. The first kappa shape index (κ1) is 17.0. The Kier molecular flexibility index (Phi) is 4.19. The van der Waals surface area contributed by atoms with Gasteiger partial charge < -0.3 is 23.7 Å². The van der Waals surface area contributed by atoms with E-state index in [9.17, 15) is 9.59 Å². The first-order valence-corrected chi connectivity index (χ1v) is 8.24. The van der Waals surface area contributed by atoms with Crippen molar-refractivity contribution in [2.75, 3.05) is 20.5 Å². The summed E-state index contributed by atoms with van der Waals surface area (Å²) in [5.74, 6) is 1.67. The van der Waals surface area contributed by atoms with Gasteiger partial charge in [-0.1, -0.05) is 6.07 Å². The van der Waals surface area contributed by atoms with Crippen LogP contribution < -0.4 is 18.9 Å². The van der Waals surface area contributed by atoms with E-state index in [0.717, 1.165) is 5.56 Å². The van der Waals surface area contributed by atoms with Gasteiger partial charge in [0.1, 0.15) is 11.5 Å². The van der Waals surface area contributed by atoms with Crippen molar-refractivity contribution in [2.24, 2.45) is 0 Å². The lowest BCUT2D eigenvalue weighted by atomic mass is 10.1. The average molecular weight is 368 g/mol. The van der Waals surface area contributed by atoms with Crippen molar-refractivity contribution in [1.29, 1.82) is 0 Å². The van der Waals surface area contributed by atoms with Gasteiger partial charge in [-0.25, -0.2) is 4.79 Å². The quantitative estimate of drug-likeness (QED) is 0.606. The zero-order chi connectivity index (χ0) is 19.0. The summed E-state index contributed by atoms with van der Waals surface area (Å²) in [4.78, 5) is 23.9. The molecule has 0 spiro atoms. The maximum Gasteiger partial charge on any atom is 0.343 e. The van der Waals surface area contributed by atoms with Crippen LogP contribution in [0.4, 0.5) is 0 Å². The van der Waals surface area contributed by atoms with Crippen molar-refractivity contribution in [3.05, 3.63) is 52.8 Å². The Labute approximate surface area is 155 Å². The van der Waals surface area contributed by atoms with Gasteiger partial charge in [0.15, 0.2) is 23.9 Å². The summed E-state index contributed by atoms with van der Waals surface area (Å²) in [6.07, 6.45) is 1.65. The van der Waals surface area contributed by atoms with Gasteiger partial charge in [-0.15, -0.1) is 0 Å². The van der Waals surface area contributed by atoms with Crippen LogP contribution in [0.2, 0.25) is 0 Å². The molecule has 2 aliphatic rings. The van der Waals surface area contributed by atoms with Gasteiger partial charge in [-0.3, -0.25) is 4.79 Å². The van der Waals surface area contributed by atoms with E-state index in [2.05, 4.69) is 4.74 Å². The molecule has 2 heterocycles. The van der Waals surface area contributed by atoms with Crippen molar-refractivity contribution < 1.29 is 33.3 Å². The fourth-order valence-corrected chi connectivity index (χ4v) is 2.87. The Morgan fingerprint density at radius 1 is 1.19 bits per heavy atom. The number of fused-ring (bicyclic) bond motifs is 2. The Balaban J connectivity index is 1.60. The molecule has 0 saturated carbocycles. The summed E-state index contributed by atoms with van der Waals surface area (Å²) in [6, 6.07) is 8.65. The number of Topliss-reactive ketones (excluding diaryl/α,β-unsaturated/α-hetero) is 1. The minimum atomic E-state index is -0.490. The molecule has 7 nitrogen and oxygen atoms in total. The number of carbonyl (C=O) groups excluding carboxylic acids is 2. The van der Waals surface area contributed by atoms with Crippen molar-refractivity contribution in [3.63, 3.8) is 0 Å². The number of methoxy groups -OCH3 is 1. The van der Waals surface area contributed by atoms with Crippen LogP contribution in [-0.2, 0) is 9.53 Å². The molecule has 0 amide bonds. The lowest BCUT2D eigenvalue weighted by Gasteiger charge is -2.10. The van der Waals surface area contributed by atoms with Crippen LogP contribution in [0.1, 0.15) is 21.5 Å². The van der Waals surface area contributed by atoms with E-state index in [1.165, 1.54) is 7.11 Å². The molecule has 0 bridgehead atoms. The maximum atomic E-state index is 12.6. The van der Waals surface area contributed by atoms with Gasteiger partial charge >= 0.3 is 5.97 Å². The highest BCUT2D eigenvalue weighted by molar-refractivity contribution is 6.15. The molecule has 138 valence electrons. The molecule has 0 unspecified atom stereocenters. The summed E-state index contributed by atoms with van der Waals surface area (Å²) in [5, 5.41) is 0. The second-order valence-corrected chi connectivity index (χ2v) is 5.98. The number of allylic oxidation sites excluding steroid dienone is 1. The molecular weight excluding hydrogens is 352 g/mol. The lowest BCUT2D eigenvalue weighted by Crippen LogP contribution is -2.13. The molecule has 0 atom stereocenters. The van der Waals surface area contributed by atoms with Crippen LogP contribution in [-0.4, -0.2) is 32.3 Å². The second kappa shape index (κ2) is 6.68. The average Bonchev–Trinajstić information content (AvgIpc) is 3.26. The molecule has 0 fully saturated rings. The number of esters is 1. The molecule has 2 aromatic rings. The summed E-state index contributed by atoms with van der Waals surface area (Å²) in [6.45, 7) is 1.73. The highest BCUT2D eigenvalue weighted by Crippen LogP contribution is 2.40. The molecule has 0 radical (unpaired) electrons. The molecule has 0 saturated heterocycles. The number of carbonyl (C=O) groups is 2. The normalized spacial score (nSPS) is 15.5. The summed E-state index contributed by atoms with van der Waals surface area (Å²) in [5.41, 5.74) is 1.85. The van der Waals surface area contributed by atoms with Gasteiger partial charge in [-0.05, 0) is 42.8 Å². The number of hydrogen-bond acceptors (Lipinski definition) is 7. The first-order valence-electron chi connectivity index (χ1n) is 8.24. The van der Waals surface area contributed by atoms with Crippen molar-refractivity contribution in [1.82, 2.24) is 0 Å². The van der Waals surface area contributed by atoms with Gasteiger partial charge in [0.25, 0.3) is 0 Å². The molecule has 2 aliphatic heterocycles. The number of hydrogen-bond donors (Lipinski definition) is 0. The van der Waals surface area contributed by atoms with Crippen LogP contribution >= 0.6 is 0 Å². The summed E-state index contributed by atoms with van der Waals surface area (Å²) >= 11 is 0. The number of benzene rings is 2. The van der Waals surface area contributed by atoms with E-state index >= 15 is 0 Å². The molecule has 2 aromatic carbocycles. The van der Waals surface area contributed by atoms with E-state index < -0.39 is 5.97 Å². The largest absolute Gasteiger partial charge is 0.481 e.